The predicted molar refractivity (Wildman–Crippen MR) is 257 cm³/mol. The summed E-state index contributed by atoms with van der Waals surface area (Å²) in [4.78, 5) is 2.55. The molecule has 0 heterocycles. The molecule has 1 heteroatoms. The lowest BCUT2D eigenvalue weighted by Crippen LogP contribution is -2.26. The normalized spacial score (nSPS) is 14.0. The van der Waals surface area contributed by atoms with E-state index in [1.165, 1.54) is 173 Å². The van der Waals surface area contributed by atoms with Gasteiger partial charge < -0.3 is 4.90 Å². The van der Waals surface area contributed by atoms with Gasteiger partial charge in [-0.15, -0.1) is 6.42 Å². The Balaban J connectivity index is 1.39. The van der Waals surface area contributed by atoms with Crippen LogP contribution in [-0.2, 0) is 10.8 Å². The van der Waals surface area contributed by atoms with Crippen molar-refractivity contribution < 1.29 is 0 Å². The van der Waals surface area contributed by atoms with Gasteiger partial charge in [-0.1, -0.05) is 197 Å². The molecule has 308 valence electrons. The van der Waals surface area contributed by atoms with E-state index in [-0.39, 0.29) is 10.8 Å². The van der Waals surface area contributed by atoms with Crippen molar-refractivity contribution in [1.29, 1.82) is 0 Å². The lowest BCUT2D eigenvalue weighted by molar-refractivity contribution is 0.401. The lowest BCUT2D eigenvalue weighted by Gasteiger charge is -2.35. The number of rotatable bonds is 23. The Hall–Kier alpha value is -4.54. The van der Waals surface area contributed by atoms with Crippen LogP contribution >= 0.6 is 0 Å². The molecule has 0 bridgehead atoms. The first-order valence-corrected chi connectivity index (χ1v) is 23.9. The van der Waals surface area contributed by atoms with Crippen molar-refractivity contribution in [3.8, 4) is 34.6 Å². The van der Waals surface area contributed by atoms with Crippen LogP contribution < -0.4 is 4.90 Å². The van der Waals surface area contributed by atoms with Gasteiger partial charge in [0.05, 0.1) is 0 Å². The molecule has 2 aliphatic rings. The van der Waals surface area contributed by atoms with E-state index < -0.39 is 0 Å². The van der Waals surface area contributed by atoms with Crippen LogP contribution in [0.4, 0.5) is 17.1 Å². The van der Waals surface area contributed by atoms with Crippen molar-refractivity contribution in [2.75, 3.05) is 4.90 Å². The Bertz CT molecular complexity index is 2010. The monoisotopic (exact) mass is 782 g/mol. The summed E-state index contributed by atoms with van der Waals surface area (Å²) in [5.74, 6) is 2.88. The number of anilines is 3. The Morgan fingerprint density at radius 1 is 0.390 bits per heavy atom. The second kappa shape index (κ2) is 20.1. The van der Waals surface area contributed by atoms with E-state index in [4.69, 9.17) is 6.42 Å². The second-order valence-corrected chi connectivity index (χ2v) is 18.0. The molecule has 7 rings (SSSR count). The third-order valence-electron chi connectivity index (χ3n) is 14.1. The van der Waals surface area contributed by atoms with Crippen molar-refractivity contribution >= 4 is 17.1 Å². The minimum Gasteiger partial charge on any atom is -0.310 e. The first kappa shape index (κ1) is 42.6. The first-order valence-electron chi connectivity index (χ1n) is 23.9. The molecule has 0 fully saturated rings. The smallest absolute Gasteiger partial charge is 0.0465 e. The number of hydrogen-bond acceptors (Lipinski definition) is 1. The van der Waals surface area contributed by atoms with E-state index in [2.05, 4.69) is 148 Å². The molecule has 0 unspecified atom stereocenters. The number of fused-ring (bicyclic) bond motifs is 6. The summed E-state index contributed by atoms with van der Waals surface area (Å²) in [6, 6.07) is 42.4. The maximum absolute atomic E-state index is 5.94. The van der Waals surface area contributed by atoms with Gasteiger partial charge in [0.15, 0.2) is 0 Å². The van der Waals surface area contributed by atoms with Crippen molar-refractivity contribution in [2.24, 2.45) is 0 Å². The molecule has 0 saturated heterocycles. The van der Waals surface area contributed by atoms with Gasteiger partial charge in [-0.05, 0) is 119 Å². The molecule has 2 aliphatic carbocycles. The van der Waals surface area contributed by atoms with Crippen molar-refractivity contribution in [3.63, 3.8) is 0 Å². The van der Waals surface area contributed by atoms with Crippen LogP contribution in [0.15, 0.2) is 109 Å². The zero-order chi connectivity index (χ0) is 41.1. The maximum atomic E-state index is 5.94. The third-order valence-corrected chi connectivity index (χ3v) is 14.1. The summed E-state index contributed by atoms with van der Waals surface area (Å²) in [6.45, 7) is 9.33. The summed E-state index contributed by atoms with van der Waals surface area (Å²) >= 11 is 0. The van der Waals surface area contributed by atoms with Crippen LogP contribution in [0.1, 0.15) is 184 Å². The van der Waals surface area contributed by atoms with Gasteiger partial charge in [-0.25, -0.2) is 0 Å². The van der Waals surface area contributed by atoms with E-state index in [0.717, 1.165) is 11.3 Å². The van der Waals surface area contributed by atoms with Gasteiger partial charge in [0.25, 0.3) is 0 Å². The highest BCUT2D eigenvalue weighted by Gasteiger charge is 2.44. The van der Waals surface area contributed by atoms with Crippen LogP contribution in [0.2, 0.25) is 0 Å². The van der Waals surface area contributed by atoms with E-state index in [1.54, 1.807) is 11.1 Å². The number of terminal acetylenes is 1. The summed E-state index contributed by atoms with van der Waals surface area (Å²) in [7, 11) is 0. The van der Waals surface area contributed by atoms with Gasteiger partial charge in [-0.3, -0.25) is 0 Å². The Labute approximate surface area is 359 Å². The van der Waals surface area contributed by atoms with Crippen molar-refractivity contribution in [1.82, 2.24) is 0 Å². The fraction of sp³-hybridized carbons (Fsp3) is 0.448. The van der Waals surface area contributed by atoms with Gasteiger partial charge in [-0.2, -0.15) is 0 Å². The fourth-order valence-electron chi connectivity index (χ4n) is 11.1. The molecule has 0 radical (unpaired) electrons. The Kier molecular flexibility index (Phi) is 14.5. The molecule has 5 aromatic carbocycles. The maximum Gasteiger partial charge on any atom is 0.0465 e. The number of unbranched alkanes of at least 4 members (excludes halogenated alkanes) is 12. The van der Waals surface area contributed by atoms with Crippen LogP contribution in [0, 0.1) is 12.3 Å². The third kappa shape index (κ3) is 8.71. The highest BCUT2D eigenvalue weighted by Crippen LogP contribution is 2.58. The molecule has 0 amide bonds. The van der Waals surface area contributed by atoms with Crippen LogP contribution in [-0.4, -0.2) is 0 Å². The average Bonchev–Trinajstić information content (AvgIpc) is 3.71. The SMILES string of the molecule is C#Cc1ccc(N(c2ccc3c(c2)C(CCCCCC)(CCCCCC)c2ccccc2-3)c2ccc3c(c2)C(CCCCCC)(CCCCCC)c2ccccc2-3)cc1. The number of nitrogens with zero attached hydrogens (tertiary/aromatic N) is 1. The largest absolute Gasteiger partial charge is 0.310 e. The van der Waals surface area contributed by atoms with Crippen LogP contribution in [0.5, 0.6) is 0 Å². The zero-order valence-electron chi connectivity index (χ0n) is 37.1. The van der Waals surface area contributed by atoms with Crippen LogP contribution in [0.3, 0.4) is 0 Å². The zero-order valence-corrected chi connectivity index (χ0v) is 37.1. The van der Waals surface area contributed by atoms with Gasteiger partial charge in [0.1, 0.15) is 0 Å². The highest BCUT2D eigenvalue weighted by atomic mass is 15.1. The molecule has 0 saturated carbocycles. The van der Waals surface area contributed by atoms with E-state index in [1.807, 2.05) is 0 Å². The molecule has 0 atom stereocenters. The predicted octanol–water partition coefficient (Wildman–Crippen LogP) is 17.6. The molecule has 0 aliphatic heterocycles. The molecule has 5 aromatic rings. The molecule has 59 heavy (non-hydrogen) atoms. The van der Waals surface area contributed by atoms with Crippen molar-refractivity contribution in [3.05, 3.63) is 137 Å². The average molecular weight is 782 g/mol. The molecule has 0 aromatic heterocycles. The van der Waals surface area contributed by atoms with Crippen molar-refractivity contribution in [2.45, 2.75) is 167 Å². The Morgan fingerprint density at radius 3 is 1.12 bits per heavy atom. The number of benzene rings is 5. The first-order chi connectivity index (χ1) is 29.0. The van der Waals surface area contributed by atoms with Crippen LogP contribution in [0.25, 0.3) is 22.3 Å². The Morgan fingerprint density at radius 2 is 0.746 bits per heavy atom. The molecule has 1 nitrogen and oxygen atoms in total. The summed E-state index contributed by atoms with van der Waals surface area (Å²) in [6.07, 6.45) is 31.3. The summed E-state index contributed by atoms with van der Waals surface area (Å²) in [5, 5.41) is 0. The standard InChI is InChI=1S/C58H71N/c1-6-11-15-23-39-57(40-24-16-12-7-2)53-29-21-19-27-49(53)51-37-35-47(43-55(51)57)59(46-33-31-45(10-5)32-34-46)48-36-38-52-50-28-20-22-30-54(50)58(56(52)44-48,41-25-17-13-8-3)42-26-18-14-9-4/h5,19-22,27-38,43-44H,6-9,11-18,23-26,39-42H2,1-4H3. The highest BCUT2D eigenvalue weighted by molar-refractivity contribution is 5.88. The topological polar surface area (TPSA) is 3.24 Å². The molecule has 0 spiro atoms. The summed E-state index contributed by atoms with van der Waals surface area (Å²) < 4.78 is 0. The quantitative estimate of drug-likeness (QED) is 0.0471. The molecular formula is C58H71N. The van der Waals surface area contributed by atoms with Gasteiger partial charge in [0.2, 0.25) is 0 Å². The minimum atomic E-state index is 0.0220. The van der Waals surface area contributed by atoms with E-state index in [0.29, 0.717) is 0 Å². The van der Waals surface area contributed by atoms with E-state index >= 15 is 0 Å². The summed E-state index contributed by atoms with van der Waals surface area (Å²) in [5.41, 5.74) is 16.5. The van der Waals surface area contributed by atoms with Gasteiger partial charge >= 0.3 is 0 Å². The number of hydrogen-bond donors (Lipinski definition) is 0. The second-order valence-electron chi connectivity index (χ2n) is 18.0. The van der Waals surface area contributed by atoms with E-state index in [9.17, 15) is 0 Å². The minimum absolute atomic E-state index is 0.0220. The fourth-order valence-corrected chi connectivity index (χ4v) is 11.1. The lowest BCUT2D eigenvalue weighted by atomic mass is 9.70. The van der Waals surface area contributed by atoms with Gasteiger partial charge in [0, 0.05) is 33.5 Å². The molecular weight excluding hydrogens is 711 g/mol. The molecule has 0 N–H and O–H groups in total.